The minimum Gasteiger partial charge on any atom is -0.482 e. The summed E-state index contributed by atoms with van der Waals surface area (Å²) in [5, 5.41) is 11.3. The van der Waals surface area contributed by atoms with E-state index in [2.05, 4.69) is 5.32 Å². The van der Waals surface area contributed by atoms with Crippen molar-refractivity contribution < 1.29 is 27.9 Å². The lowest BCUT2D eigenvalue weighted by Crippen LogP contribution is -2.45. The number of amides is 1. The number of carbonyl (C=O) groups is 2. The molecule has 2 N–H and O–H groups in total. The fourth-order valence-corrected chi connectivity index (χ4v) is 3.72. The topological polar surface area (TPSA) is 113 Å². The Labute approximate surface area is 140 Å². The maximum absolute atomic E-state index is 12.2. The lowest BCUT2D eigenvalue weighted by atomic mass is 10.2. The molecule has 0 saturated carbocycles. The zero-order valence-corrected chi connectivity index (χ0v) is 14.1. The van der Waals surface area contributed by atoms with Crippen molar-refractivity contribution in [3.8, 4) is 5.75 Å². The van der Waals surface area contributed by atoms with Gasteiger partial charge in [-0.05, 0) is 30.5 Å². The Morgan fingerprint density at radius 3 is 2.83 bits per heavy atom. The van der Waals surface area contributed by atoms with Gasteiger partial charge in [0.2, 0.25) is 15.9 Å². The van der Waals surface area contributed by atoms with E-state index < -0.39 is 28.6 Å². The van der Waals surface area contributed by atoms with E-state index in [1.165, 1.54) is 4.31 Å². The molecular weight excluding hydrogens is 336 g/mol. The number of ether oxygens (including phenoxy) is 1. The first-order valence-corrected chi connectivity index (χ1v) is 9.30. The first-order chi connectivity index (χ1) is 11.3. The zero-order chi connectivity index (χ0) is 17.7. The summed E-state index contributed by atoms with van der Waals surface area (Å²) in [6, 6.07) is 6.03. The molecule has 24 heavy (non-hydrogen) atoms. The van der Waals surface area contributed by atoms with Crippen molar-refractivity contribution >= 4 is 21.9 Å². The SMILES string of the molecule is CS(=O)(=O)N1CCC[C@@H]1C(=O)NCc1cccc(OCC(=O)O)c1. The predicted molar refractivity (Wildman–Crippen MR) is 86.0 cm³/mol. The van der Waals surface area contributed by atoms with Crippen LogP contribution < -0.4 is 10.1 Å². The molecule has 1 heterocycles. The summed E-state index contributed by atoms with van der Waals surface area (Å²) >= 11 is 0. The summed E-state index contributed by atoms with van der Waals surface area (Å²) in [5.41, 5.74) is 0.732. The van der Waals surface area contributed by atoms with Gasteiger partial charge >= 0.3 is 5.97 Å². The Morgan fingerprint density at radius 2 is 2.17 bits per heavy atom. The monoisotopic (exact) mass is 356 g/mol. The van der Waals surface area contributed by atoms with Crippen molar-refractivity contribution in [2.24, 2.45) is 0 Å². The minimum atomic E-state index is -3.41. The number of carboxylic acid groups (broad SMARTS) is 1. The number of aliphatic carboxylic acids is 1. The number of rotatable bonds is 7. The van der Waals surface area contributed by atoms with E-state index in [0.29, 0.717) is 25.1 Å². The number of sulfonamides is 1. The van der Waals surface area contributed by atoms with E-state index in [1.54, 1.807) is 24.3 Å². The van der Waals surface area contributed by atoms with E-state index in [1.807, 2.05) is 0 Å². The van der Waals surface area contributed by atoms with Gasteiger partial charge in [0, 0.05) is 13.1 Å². The van der Waals surface area contributed by atoms with Crippen molar-refractivity contribution in [2.45, 2.75) is 25.4 Å². The first-order valence-electron chi connectivity index (χ1n) is 7.45. The van der Waals surface area contributed by atoms with E-state index >= 15 is 0 Å². The summed E-state index contributed by atoms with van der Waals surface area (Å²) in [4.78, 5) is 22.7. The fourth-order valence-electron chi connectivity index (χ4n) is 2.60. The third kappa shape index (κ3) is 4.93. The summed E-state index contributed by atoms with van der Waals surface area (Å²) in [5.74, 6) is -1.02. The standard InChI is InChI=1S/C15H20N2O6S/c1-24(21,22)17-7-3-6-13(17)15(20)16-9-11-4-2-5-12(8-11)23-10-14(18)19/h2,4-5,8,13H,3,6-7,9-10H2,1H3,(H,16,20)(H,18,19)/t13-/m1/s1. The molecule has 132 valence electrons. The van der Waals surface area contributed by atoms with Gasteiger partial charge in [-0.2, -0.15) is 4.31 Å². The van der Waals surface area contributed by atoms with Gasteiger partial charge in [0.25, 0.3) is 0 Å². The Morgan fingerprint density at radius 1 is 1.42 bits per heavy atom. The zero-order valence-electron chi connectivity index (χ0n) is 13.3. The van der Waals surface area contributed by atoms with Crippen molar-refractivity contribution in [2.75, 3.05) is 19.4 Å². The van der Waals surface area contributed by atoms with Crippen molar-refractivity contribution in [1.82, 2.24) is 9.62 Å². The molecule has 1 aliphatic heterocycles. The number of carboxylic acids is 1. The van der Waals surface area contributed by atoms with E-state index in [4.69, 9.17) is 9.84 Å². The Balaban J connectivity index is 1.94. The average molecular weight is 356 g/mol. The smallest absolute Gasteiger partial charge is 0.341 e. The van der Waals surface area contributed by atoms with Crippen LogP contribution in [0.25, 0.3) is 0 Å². The van der Waals surface area contributed by atoms with Crippen molar-refractivity contribution in [3.63, 3.8) is 0 Å². The molecule has 9 heteroatoms. The lowest BCUT2D eigenvalue weighted by molar-refractivity contribution is -0.139. The van der Waals surface area contributed by atoms with E-state index in [0.717, 1.165) is 11.8 Å². The Kier molecular flexibility index (Phi) is 5.79. The molecule has 1 amide bonds. The van der Waals surface area contributed by atoms with Gasteiger partial charge in [0.15, 0.2) is 6.61 Å². The van der Waals surface area contributed by atoms with Crippen molar-refractivity contribution in [1.29, 1.82) is 0 Å². The molecule has 0 radical (unpaired) electrons. The van der Waals surface area contributed by atoms with Gasteiger partial charge in [0.1, 0.15) is 11.8 Å². The molecule has 1 fully saturated rings. The van der Waals surface area contributed by atoms with Crippen LogP contribution in [0.5, 0.6) is 5.75 Å². The minimum absolute atomic E-state index is 0.206. The first kappa shape index (κ1) is 18.2. The van der Waals surface area contributed by atoms with Crippen LogP contribution in [0.15, 0.2) is 24.3 Å². The molecule has 1 aliphatic rings. The van der Waals surface area contributed by atoms with Crippen LogP contribution in [-0.4, -0.2) is 55.2 Å². The lowest BCUT2D eigenvalue weighted by Gasteiger charge is -2.21. The predicted octanol–water partition coefficient (Wildman–Crippen LogP) is 0.190. The van der Waals surface area contributed by atoms with Crippen LogP contribution in [-0.2, 0) is 26.2 Å². The third-order valence-electron chi connectivity index (χ3n) is 3.66. The summed E-state index contributed by atoms with van der Waals surface area (Å²) in [7, 11) is -3.41. The molecule has 0 aromatic heterocycles. The van der Waals surface area contributed by atoms with E-state index in [-0.39, 0.29) is 12.5 Å². The van der Waals surface area contributed by atoms with Crippen LogP contribution >= 0.6 is 0 Å². The normalized spacial score (nSPS) is 18.3. The van der Waals surface area contributed by atoms with Gasteiger partial charge < -0.3 is 15.2 Å². The second-order valence-electron chi connectivity index (χ2n) is 5.58. The quantitative estimate of drug-likeness (QED) is 0.721. The number of hydrogen-bond donors (Lipinski definition) is 2. The third-order valence-corrected chi connectivity index (χ3v) is 4.95. The second kappa shape index (κ2) is 7.63. The van der Waals surface area contributed by atoms with Crippen LogP contribution in [0.2, 0.25) is 0 Å². The largest absolute Gasteiger partial charge is 0.482 e. The van der Waals surface area contributed by atoms with Crippen LogP contribution in [0, 0.1) is 0 Å². The molecule has 0 bridgehead atoms. The molecule has 0 unspecified atom stereocenters. The summed E-state index contributed by atoms with van der Waals surface area (Å²) < 4.78 is 29.6. The molecule has 8 nitrogen and oxygen atoms in total. The maximum atomic E-state index is 12.2. The van der Waals surface area contributed by atoms with Gasteiger partial charge in [0.05, 0.1) is 6.26 Å². The number of nitrogens with zero attached hydrogens (tertiary/aromatic N) is 1. The summed E-state index contributed by atoms with van der Waals surface area (Å²) in [6.07, 6.45) is 2.26. The van der Waals surface area contributed by atoms with Crippen LogP contribution in [0.3, 0.4) is 0 Å². The van der Waals surface area contributed by atoms with Crippen LogP contribution in [0.1, 0.15) is 18.4 Å². The maximum Gasteiger partial charge on any atom is 0.341 e. The van der Waals surface area contributed by atoms with Crippen molar-refractivity contribution in [3.05, 3.63) is 29.8 Å². The molecule has 1 aromatic rings. The Bertz CT molecular complexity index is 718. The average Bonchev–Trinajstić information content (AvgIpc) is 3.01. The molecule has 1 saturated heterocycles. The van der Waals surface area contributed by atoms with Gasteiger partial charge in [-0.25, -0.2) is 13.2 Å². The highest BCUT2D eigenvalue weighted by Gasteiger charge is 2.36. The number of benzene rings is 1. The van der Waals surface area contributed by atoms with Crippen LogP contribution in [0.4, 0.5) is 0 Å². The Hall–Kier alpha value is -2.13. The summed E-state index contributed by atoms with van der Waals surface area (Å²) in [6.45, 7) is 0.119. The highest BCUT2D eigenvalue weighted by Crippen LogP contribution is 2.20. The number of hydrogen-bond acceptors (Lipinski definition) is 5. The molecular formula is C15H20N2O6S. The number of nitrogens with one attached hydrogen (secondary N) is 1. The molecule has 2 rings (SSSR count). The van der Waals surface area contributed by atoms with Gasteiger partial charge in [-0.3, -0.25) is 4.79 Å². The highest BCUT2D eigenvalue weighted by molar-refractivity contribution is 7.88. The second-order valence-corrected chi connectivity index (χ2v) is 7.51. The molecule has 1 atom stereocenters. The number of carbonyl (C=O) groups excluding carboxylic acids is 1. The molecule has 0 spiro atoms. The van der Waals surface area contributed by atoms with E-state index in [9.17, 15) is 18.0 Å². The van der Waals surface area contributed by atoms with Gasteiger partial charge in [-0.1, -0.05) is 12.1 Å². The van der Waals surface area contributed by atoms with Gasteiger partial charge in [-0.15, -0.1) is 0 Å². The molecule has 0 aliphatic carbocycles. The molecule has 1 aromatic carbocycles. The highest BCUT2D eigenvalue weighted by atomic mass is 32.2. The fraction of sp³-hybridized carbons (Fsp3) is 0.467.